The smallest absolute Gasteiger partial charge is 0.219 e. The van der Waals surface area contributed by atoms with E-state index in [1.165, 1.54) is 95.2 Å². The minimum absolute atomic E-state index is 0.0114. The van der Waals surface area contributed by atoms with Crippen LogP contribution in [0.15, 0.2) is 47.5 Å². The Morgan fingerprint density at radius 2 is 1.37 bits per heavy atom. The minimum atomic E-state index is 0.0114. The maximum Gasteiger partial charge on any atom is 0.219 e. The maximum atomic E-state index is 12.5. The summed E-state index contributed by atoms with van der Waals surface area (Å²) in [5.41, 5.74) is 1.91. The second-order valence-electron chi connectivity index (χ2n) is 10.1. The van der Waals surface area contributed by atoms with Crippen LogP contribution in [0.3, 0.4) is 0 Å². The van der Waals surface area contributed by atoms with E-state index in [-0.39, 0.29) is 10.9 Å². The van der Waals surface area contributed by atoms with E-state index in [9.17, 15) is 9.90 Å². The molecule has 0 unspecified atom stereocenters. The van der Waals surface area contributed by atoms with Crippen molar-refractivity contribution in [3.8, 4) is 11.5 Å². The Hall–Kier alpha value is -2.27. The number of aliphatic imine (C=N–C) groups is 1. The highest BCUT2D eigenvalue weighted by Gasteiger charge is 2.09. The quantitative estimate of drug-likeness (QED) is 0.127. The number of benzene rings is 2. The van der Waals surface area contributed by atoms with Crippen LogP contribution < -0.4 is 4.74 Å². The topological polar surface area (TPSA) is 58.9 Å². The molecular formula is C33H49NO3S. The molecule has 0 fully saturated rings. The lowest BCUT2D eigenvalue weighted by Gasteiger charge is -2.06. The van der Waals surface area contributed by atoms with Gasteiger partial charge in [0.25, 0.3) is 0 Å². The van der Waals surface area contributed by atoms with Crippen LogP contribution in [-0.2, 0) is 0 Å². The van der Waals surface area contributed by atoms with Gasteiger partial charge in [-0.15, -0.1) is 0 Å². The third-order valence-electron chi connectivity index (χ3n) is 6.70. The summed E-state index contributed by atoms with van der Waals surface area (Å²) in [4.78, 5) is 16.9. The molecule has 2 rings (SSSR count). The lowest BCUT2D eigenvalue weighted by molar-refractivity contribution is 0.108. The van der Waals surface area contributed by atoms with Gasteiger partial charge in [0, 0.05) is 23.1 Å². The Bertz CT molecular complexity index is 926. The van der Waals surface area contributed by atoms with Crippen LogP contribution in [0.2, 0.25) is 0 Å². The van der Waals surface area contributed by atoms with Crippen molar-refractivity contribution in [2.45, 2.75) is 110 Å². The van der Waals surface area contributed by atoms with Gasteiger partial charge in [-0.1, -0.05) is 109 Å². The van der Waals surface area contributed by atoms with Crippen molar-refractivity contribution >= 4 is 28.8 Å². The number of nitrogens with zero attached hydrogens (tertiary/aromatic N) is 1. The van der Waals surface area contributed by atoms with Crippen LogP contribution in [0.1, 0.15) is 126 Å². The maximum absolute atomic E-state index is 12.5. The zero-order valence-electron chi connectivity index (χ0n) is 23.8. The Labute approximate surface area is 235 Å². The van der Waals surface area contributed by atoms with Crippen molar-refractivity contribution < 1.29 is 14.6 Å². The lowest BCUT2D eigenvalue weighted by Crippen LogP contribution is -1.97. The molecule has 1 N–H and O–H groups in total. The lowest BCUT2D eigenvalue weighted by atomic mass is 10.1. The first-order valence-electron chi connectivity index (χ1n) is 14.9. The number of unbranched alkanes of at least 4 members (excludes halogenated alkanes) is 13. The number of thioether (sulfide) groups is 1. The van der Waals surface area contributed by atoms with E-state index in [0.29, 0.717) is 11.1 Å². The SMILES string of the molecule is CCCCCCCCCCOc1ccc(N=Cc2ccc(C(=O)SCCCCCCCCC)cc2O)cc1. The predicted molar refractivity (Wildman–Crippen MR) is 165 cm³/mol. The van der Waals surface area contributed by atoms with Gasteiger partial charge in [-0.2, -0.15) is 0 Å². The molecule has 4 nitrogen and oxygen atoms in total. The molecule has 0 aliphatic carbocycles. The summed E-state index contributed by atoms with van der Waals surface area (Å²) in [5.74, 6) is 1.75. The zero-order chi connectivity index (χ0) is 27.3. The molecule has 0 amide bonds. The third kappa shape index (κ3) is 14.0. The molecule has 0 bridgehead atoms. The van der Waals surface area contributed by atoms with E-state index in [1.54, 1.807) is 24.4 Å². The van der Waals surface area contributed by atoms with Crippen molar-refractivity contribution in [2.75, 3.05) is 12.4 Å². The van der Waals surface area contributed by atoms with Gasteiger partial charge in [-0.3, -0.25) is 9.79 Å². The van der Waals surface area contributed by atoms with E-state index >= 15 is 0 Å². The van der Waals surface area contributed by atoms with Gasteiger partial charge >= 0.3 is 0 Å². The van der Waals surface area contributed by atoms with Gasteiger partial charge in [-0.05, 0) is 55.3 Å². The summed E-state index contributed by atoms with van der Waals surface area (Å²) in [7, 11) is 0. The molecule has 2 aromatic rings. The summed E-state index contributed by atoms with van der Waals surface area (Å²) < 4.78 is 5.86. The number of hydrogen-bond donors (Lipinski definition) is 1. The summed E-state index contributed by atoms with van der Waals surface area (Å²) in [6.45, 7) is 5.22. The molecule has 0 aliphatic rings. The molecule has 0 atom stereocenters. The Morgan fingerprint density at radius 1 is 0.789 bits per heavy atom. The van der Waals surface area contributed by atoms with E-state index in [2.05, 4.69) is 18.8 Å². The number of hydrogen-bond acceptors (Lipinski definition) is 5. The largest absolute Gasteiger partial charge is 0.507 e. The highest BCUT2D eigenvalue weighted by molar-refractivity contribution is 8.14. The van der Waals surface area contributed by atoms with Gasteiger partial charge in [0.05, 0.1) is 12.3 Å². The second-order valence-corrected chi connectivity index (χ2v) is 11.2. The van der Waals surface area contributed by atoms with Crippen molar-refractivity contribution in [1.82, 2.24) is 0 Å². The standard InChI is InChI=1S/C33H49NO3S/c1-3-5-7-9-11-12-14-16-24-37-31-22-20-30(21-23-31)34-27-29-19-18-28(26-32(29)35)33(36)38-25-17-15-13-10-8-6-4-2/h18-23,26-27,35H,3-17,24-25H2,1-2H3. The second kappa shape index (κ2) is 20.7. The Morgan fingerprint density at radius 3 is 1.97 bits per heavy atom. The normalized spacial score (nSPS) is 11.3. The molecule has 0 radical (unpaired) electrons. The van der Waals surface area contributed by atoms with Gasteiger partial charge in [-0.25, -0.2) is 0 Å². The summed E-state index contributed by atoms with van der Waals surface area (Å²) in [5, 5.41) is 10.4. The first kappa shape index (κ1) is 31.9. The molecule has 38 heavy (non-hydrogen) atoms. The van der Waals surface area contributed by atoms with Crippen LogP contribution in [0.5, 0.6) is 11.5 Å². The van der Waals surface area contributed by atoms with Crippen LogP contribution >= 0.6 is 11.8 Å². The van der Waals surface area contributed by atoms with Gasteiger partial charge in [0.1, 0.15) is 11.5 Å². The first-order valence-corrected chi connectivity index (χ1v) is 15.9. The number of carbonyl (C=O) groups excluding carboxylic acids is 1. The number of phenolic OH excluding ortho intramolecular Hbond substituents is 1. The van der Waals surface area contributed by atoms with Gasteiger partial charge in [0.15, 0.2) is 0 Å². The van der Waals surface area contributed by atoms with E-state index in [1.807, 2.05) is 24.3 Å². The Balaban J connectivity index is 1.68. The molecule has 2 aromatic carbocycles. The van der Waals surface area contributed by atoms with Gasteiger partial charge in [0.2, 0.25) is 5.12 Å². The molecule has 0 aliphatic heterocycles. The van der Waals surface area contributed by atoms with Crippen molar-refractivity contribution in [2.24, 2.45) is 4.99 Å². The zero-order valence-corrected chi connectivity index (χ0v) is 24.6. The molecule has 5 heteroatoms. The molecule has 0 heterocycles. The third-order valence-corrected chi connectivity index (χ3v) is 7.69. The fourth-order valence-electron chi connectivity index (χ4n) is 4.29. The molecule has 0 saturated carbocycles. The predicted octanol–water partition coefficient (Wildman–Crippen LogP) is 10.3. The van der Waals surface area contributed by atoms with E-state index in [4.69, 9.17) is 4.74 Å². The summed E-state index contributed by atoms with van der Waals surface area (Å²) in [6, 6.07) is 12.8. The molecular weight excluding hydrogens is 490 g/mol. The van der Waals surface area contributed by atoms with Crippen LogP contribution in [0.25, 0.3) is 0 Å². The molecule has 210 valence electrons. The van der Waals surface area contributed by atoms with Crippen molar-refractivity contribution in [1.29, 1.82) is 0 Å². The molecule has 0 aromatic heterocycles. The van der Waals surface area contributed by atoms with Crippen molar-refractivity contribution in [3.05, 3.63) is 53.6 Å². The van der Waals surface area contributed by atoms with Crippen LogP contribution in [0.4, 0.5) is 5.69 Å². The van der Waals surface area contributed by atoms with Crippen LogP contribution in [-0.4, -0.2) is 28.8 Å². The number of phenols is 1. The average Bonchev–Trinajstić information content (AvgIpc) is 2.93. The monoisotopic (exact) mass is 539 g/mol. The van der Waals surface area contributed by atoms with E-state index < -0.39 is 0 Å². The number of ether oxygens (including phenoxy) is 1. The average molecular weight is 540 g/mol. The van der Waals surface area contributed by atoms with Crippen LogP contribution in [0, 0.1) is 0 Å². The van der Waals surface area contributed by atoms with Crippen molar-refractivity contribution in [3.63, 3.8) is 0 Å². The fourth-order valence-corrected chi connectivity index (χ4v) is 5.11. The summed E-state index contributed by atoms with van der Waals surface area (Å²) in [6.07, 6.45) is 20.6. The number of carbonyl (C=O) groups is 1. The minimum Gasteiger partial charge on any atom is -0.507 e. The van der Waals surface area contributed by atoms with E-state index in [0.717, 1.165) is 36.6 Å². The highest BCUT2D eigenvalue weighted by Crippen LogP contribution is 2.24. The summed E-state index contributed by atoms with van der Waals surface area (Å²) >= 11 is 1.34. The highest BCUT2D eigenvalue weighted by atomic mass is 32.2. The van der Waals surface area contributed by atoms with Gasteiger partial charge < -0.3 is 9.84 Å². The number of aromatic hydroxyl groups is 1. The fraction of sp³-hybridized carbons (Fsp3) is 0.576. The molecule has 0 saturated heterocycles. The molecule has 0 spiro atoms. The first-order chi connectivity index (χ1) is 18.6. The Kier molecular flexibility index (Phi) is 17.4. The number of rotatable bonds is 21.